The van der Waals surface area contributed by atoms with Gasteiger partial charge in [0, 0.05) is 6.04 Å². The molecule has 0 aromatic carbocycles. The van der Waals surface area contributed by atoms with Gasteiger partial charge in [-0.1, -0.05) is 24.4 Å². The van der Waals surface area contributed by atoms with Crippen molar-refractivity contribution in [3.05, 3.63) is 16.9 Å². The zero-order valence-corrected chi connectivity index (χ0v) is 11.7. The van der Waals surface area contributed by atoms with Gasteiger partial charge < -0.3 is 5.32 Å². The van der Waals surface area contributed by atoms with E-state index in [-0.39, 0.29) is 5.54 Å². The molecule has 1 unspecified atom stereocenters. The van der Waals surface area contributed by atoms with Crippen LogP contribution in [-0.4, -0.2) is 16.3 Å². The summed E-state index contributed by atoms with van der Waals surface area (Å²) >= 11 is 6.34. The zero-order chi connectivity index (χ0) is 12.5. The molecular formula is C13H22ClN3. The van der Waals surface area contributed by atoms with Crippen molar-refractivity contribution >= 4 is 11.6 Å². The standard InChI is InChI=1S/C13H22ClN3/c1-10(2)17-12(11(14)9-16-17)13(3)7-5-4-6-8-15-13/h9-10,15H,4-8H2,1-3H3. The van der Waals surface area contributed by atoms with E-state index in [2.05, 4.69) is 35.9 Å². The van der Waals surface area contributed by atoms with Crippen LogP contribution in [0, 0.1) is 0 Å². The van der Waals surface area contributed by atoms with E-state index in [1.807, 2.05) is 0 Å². The monoisotopic (exact) mass is 255 g/mol. The highest BCUT2D eigenvalue weighted by atomic mass is 35.5. The lowest BCUT2D eigenvalue weighted by Gasteiger charge is -2.31. The first-order valence-electron chi connectivity index (χ1n) is 6.53. The maximum Gasteiger partial charge on any atom is 0.0837 e. The van der Waals surface area contributed by atoms with Crippen LogP contribution in [0.15, 0.2) is 6.20 Å². The van der Waals surface area contributed by atoms with Gasteiger partial charge in [0.05, 0.1) is 22.5 Å². The van der Waals surface area contributed by atoms with Crippen LogP contribution in [0.1, 0.15) is 58.2 Å². The molecule has 4 heteroatoms. The largest absolute Gasteiger partial charge is 0.306 e. The van der Waals surface area contributed by atoms with E-state index in [1.165, 1.54) is 19.3 Å². The quantitative estimate of drug-likeness (QED) is 0.877. The van der Waals surface area contributed by atoms with E-state index in [1.54, 1.807) is 6.20 Å². The molecule has 1 aliphatic heterocycles. The Kier molecular flexibility index (Phi) is 3.79. The Morgan fingerprint density at radius 1 is 1.41 bits per heavy atom. The average Bonchev–Trinajstić information content (AvgIpc) is 2.53. The van der Waals surface area contributed by atoms with Crippen LogP contribution in [-0.2, 0) is 5.54 Å². The molecule has 1 N–H and O–H groups in total. The summed E-state index contributed by atoms with van der Waals surface area (Å²) in [5, 5.41) is 8.85. The fourth-order valence-electron chi connectivity index (χ4n) is 2.68. The number of rotatable bonds is 2. The van der Waals surface area contributed by atoms with Crippen molar-refractivity contribution in [2.45, 2.75) is 58.0 Å². The van der Waals surface area contributed by atoms with E-state index in [0.717, 1.165) is 23.7 Å². The maximum atomic E-state index is 6.34. The topological polar surface area (TPSA) is 29.9 Å². The van der Waals surface area contributed by atoms with Crippen LogP contribution < -0.4 is 5.32 Å². The maximum absolute atomic E-state index is 6.34. The van der Waals surface area contributed by atoms with Crippen molar-refractivity contribution in [3.8, 4) is 0 Å². The smallest absolute Gasteiger partial charge is 0.0837 e. The minimum Gasteiger partial charge on any atom is -0.306 e. The van der Waals surface area contributed by atoms with E-state index in [4.69, 9.17) is 11.6 Å². The molecule has 0 radical (unpaired) electrons. The number of aromatic nitrogens is 2. The number of hydrogen-bond donors (Lipinski definition) is 1. The van der Waals surface area contributed by atoms with E-state index in [0.29, 0.717) is 6.04 Å². The van der Waals surface area contributed by atoms with Gasteiger partial charge in [-0.05, 0) is 40.2 Å². The fraction of sp³-hybridized carbons (Fsp3) is 0.769. The van der Waals surface area contributed by atoms with Gasteiger partial charge in [0.25, 0.3) is 0 Å². The van der Waals surface area contributed by atoms with Gasteiger partial charge in [-0.25, -0.2) is 0 Å². The van der Waals surface area contributed by atoms with Crippen LogP contribution in [0.5, 0.6) is 0 Å². The van der Waals surface area contributed by atoms with Gasteiger partial charge in [-0.2, -0.15) is 5.10 Å². The van der Waals surface area contributed by atoms with Crippen LogP contribution >= 0.6 is 11.6 Å². The molecule has 0 amide bonds. The van der Waals surface area contributed by atoms with Crippen molar-refractivity contribution in [2.75, 3.05) is 6.54 Å². The summed E-state index contributed by atoms with van der Waals surface area (Å²) in [4.78, 5) is 0. The lowest BCUT2D eigenvalue weighted by atomic mass is 9.91. The van der Waals surface area contributed by atoms with Gasteiger partial charge in [0.15, 0.2) is 0 Å². The second-order valence-corrected chi connectivity index (χ2v) is 5.86. The van der Waals surface area contributed by atoms with E-state index < -0.39 is 0 Å². The first-order valence-corrected chi connectivity index (χ1v) is 6.91. The number of nitrogens with zero attached hydrogens (tertiary/aromatic N) is 2. The molecule has 96 valence electrons. The third kappa shape index (κ3) is 2.50. The third-order valence-corrected chi connectivity index (χ3v) is 3.91. The first kappa shape index (κ1) is 12.9. The Morgan fingerprint density at radius 3 is 2.88 bits per heavy atom. The summed E-state index contributed by atoms with van der Waals surface area (Å²) in [6, 6.07) is 0.347. The third-order valence-electron chi connectivity index (χ3n) is 3.63. The molecule has 1 aliphatic rings. The van der Waals surface area contributed by atoms with Crippen LogP contribution in [0.3, 0.4) is 0 Å². The molecule has 3 nitrogen and oxygen atoms in total. The second-order valence-electron chi connectivity index (χ2n) is 5.45. The molecule has 1 fully saturated rings. The molecule has 0 aliphatic carbocycles. The Hall–Kier alpha value is -0.540. The molecule has 17 heavy (non-hydrogen) atoms. The van der Waals surface area contributed by atoms with Crippen molar-refractivity contribution in [1.29, 1.82) is 0 Å². The van der Waals surface area contributed by atoms with Crippen molar-refractivity contribution < 1.29 is 0 Å². The first-order chi connectivity index (χ1) is 8.04. The van der Waals surface area contributed by atoms with Gasteiger partial charge in [-0.3, -0.25) is 4.68 Å². The molecule has 0 spiro atoms. The van der Waals surface area contributed by atoms with E-state index in [9.17, 15) is 0 Å². The molecule has 1 atom stereocenters. The van der Waals surface area contributed by atoms with Crippen LogP contribution in [0.4, 0.5) is 0 Å². The second kappa shape index (κ2) is 4.99. The number of nitrogens with one attached hydrogen (secondary N) is 1. The van der Waals surface area contributed by atoms with Gasteiger partial charge in [0.2, 0.25) is 0 Å². The minimum atomic E-state index is -0.0334. The lowest BCUT2D eigenvalue weighted by molar-refractivity contribution is 0.319. The van der Waals surface area contributed by atoms with E-state index >= 15 is 0 Å². The highest BCUT2D eigenvalue weighted by molar-refractivity contribution is 6.31. The molecule has 1 aromatic rings. The zero-order valence-electron chi connectivity index (χ0n) is 11.0. The summed E-state index contributed by atoms with van der Waals surface area (Å²) in [5.41, 5.74) is 1.12. The fourth-order valence-corrected chi connectivity index (χ4v) is 3.02. The SMILES string of the molecule is CC(C)n1ncc(Cl)c1C1(C)CCCCCN1. The van der Waals surface area contributed by atoms with Gasteiger partial charge in [0.1, 0.15) is 0 Å². The van der Waals surface area contributed by atoms with Gasteiger partial charge >= 0.3 is 0 Å². The Balaban J connectivity index is 2.39. The Labute approximate surface area is 109 Å². The molecule has 1 saturated heterocycles. The summed E-state index contributed by atoms with van der Waals surface area (Å²) < 4.78 is 2.06. The van der Waals surface area contributed by atoms with Crippen molar-refractivity contribution in [2.24, 2.45) is 0 Å². The average molecular weight is 256 g/mol. The summed E-state index contributed by atoms with van der Waals surface area (Å²) in [6.45, 7) is 7.61. The predicted octanol–water partition coefficient (Wildman–Crippen LogP) is 3.50. The predicted molar refractivity (Wildman–Crippen MR) is 71.4 cm³/mol. The Morgan fingerprint density at radius 2 is 2.18 bits per heavy atom. The van der Waals surface area contributed by atoms with Crippen molar-refractivity contribution in [3.63, 3.8) is 0 Å². The molecule has 2 rings (SSSR count). The normalized spacial score (nSPS) is 26.2. The summed E-state index contributed by atoms with van der Waals surface area (Å²) in [5.74, 6) is 0. The summed E-state index contributed by atoms with van der Waals surface area (Å²) in [7, 11) is 0. The van der Waals surface area contributed by atoms with Crippen LogP contribution in [0.25, 0.3) is 0 Å². The van der Waals surface area contributed by atoms with Crippen molar-refractivity contribution in [1.82, 2.24) is 15.1 Å². The highest BCUT2D eigenvalue weighted by Crippen LogP contribution is 2.35. The molecular weight excluding hydrogens is 234 g/mol. The van der Waals surface area contributed by atoms with Crippen LogP contribution in [0.2, 0.25) is 5.02 Å². The molecule has 0 bridgehead atoms. The summed E-state index contributed by atoms with van der Waals surface area (Å²) in [6.07, 6.45) is 6.71. The van der Waals surface area contributed by atoms with Gasteiger partial charge in [-0.15, -0.1) is 0 Å². The number of hydrogen-bond acceptors (Lipinski definition) is 2. The molecule has 1 aromatic heterocycles. The highest BCUT2D eigenvalue weighted by Gasteiger charge is 2.33. The lowest BCUT2D eigenvalue weighted by Crippen LogP contribution is -2.41. The number of halogens is 1. The minimum absolute atomic E-state index is 0.0334. The molecule has 2 heterocycles. The molecule has 0 saturated carbocycles. The Bertz CT molecular complexity index is 376.